The predicted octanol–water partition coefficient (Wildman–Crippen LogP) is 3.03. The van der Waals surface area contributed by atoms with Crippen molar-refractivity contribution in [2.24, 2.45) is 11.1 Å². The number of hydrogen-bond donors (Lipinski definition) is 2. The van der Waals surface area contributed by atoms with Crippen molar-refractivity contribution in [3.63, 3.8) is 0 Å². The molecular weight excluding hydrogens is 459 g/mol. The third-order valence-corrected chi connectivity index (χ3v) is 7.76. The number of sulfonamides is 1. The summed E-state index contributed by atoms with van der Waals surface area (Å²) in [5, 5.41) is 8.46. The van der Waals surface area contributed by atoms with Crippen molar-refractivity contribution in [1.82, 2.24) is 9.88 Å². The van der Waals surface area contributed by atoms with Gasteiger partial charge in [0.2, 0.25) is 0 Å². The van der Waals surface area contributed by atoms with Gasteiger partial charge in [-0.25, -0.2) is 22.9 Å². The number of rotatable bonds is 6. The van der Waals surface area contributed by atoms with E-state index in [1.165, 1.54) is 18.3 Å². The lowest BCUT2D eigenvalue weighted by molar-refractivity contribution is 0.0695. The maximum absolute atomic E-state index is 13.5. The average molecular weight is 491 g/mol. The van der Waals surface area contributed by atoms with E-state index >= 15 is 0 Å². The van der Waals surface area contributed by atoms with Crippen molar-refractivity contribution >= 4 is 21.6 Å². The van der Waals surface area contributed by atoms with Crippen LogP contribution in [0.15, 0.2) is 35.5 Å². The first-order chi connectivity index (χ1) is 16.2. The summed E-state index contributed by atoms with van der Waals surface area (Å²) in [6.07, 6.45) is 4.65. The molecule has 3 heterocycles. The summed E-state index contributed by atoms with van der Waals surface area (Å²) >= 11 is 0. The van der Waals surface area contributed by atoms with Crippen LogP contribution in [-0.2, 0) is 14.8 Å². The number of nitrogens with two attached hydrogens (primary N) is 1. The molecule has 1 aromatic carbocycles. The van der Waals surface area contributed by atoms with Gasteiger partial charge in [0.05, 0.1) is 11.3 Å². The molecule has 1 aromatic heterocycles. The van der Waals surface area contributed by atoms with Gasteiger partial charge < -0.3 is 15.0 Å². The van der Waals surface area contributed by atoms with Crippen molar-refractivity contribution in [2.45, 2.75) is 43.6 Å². The van der Waals surface area contributed by atoms with Gasteiger partial charge in [-0.05, 0) is 62.1 Å². The van der Waals surface area contributed by atoms with Crippen LogP contribution < -0.4 is 10.5 Å². The molecule has 0 bridgehead atoms. The molecule has 1 amide bonds. The Morgan fingerprint density at radius 1 is 1.18 bits per heavy atom. The summed E-state index contributed by atoms with van der Waals surface area (Å²) in [6, 6.07) is 6.53. The van der Waals surface area contributed by atoms with Crippen LogP contribution in [-0.4, -0.2) is 57.1 Å². The fourth-order valence-corrected chi connectivity index (χ4v) is 5.52. The third kappa shape index (κ3) is 5.56. The highest BCUT2D eigenvalue weighted by molar-refractivity contribution is 7.89. The Labute approximate surface area is 199 Å². The Hall–Kier alpha value is -2.56. The minimum absolute atomic E-state index is 0.191. The maximum Gasteiger partial charge on any atom is 0.257 e. The van der Waals surface area contributed by atoms with Crippen molar-refractivity contribution in [3.05, 3.63) is 53.0 Å². The van der Waals surface area contributed by atoms with Crippen LogP contribution in [0.5, 0.6) is 0 Å². The number of carbonyl (C=O) groups excluding carboxylic acids is 1. The molecule has 0 aliphatic carbocycles. The second kappa shape index (κ2) is 10.4. The molecule has 0 unspecified atom stereocenters. The number of piperidine rings is 1. The fraction of sp³-hybridized carbons (Fsp3) is 0.500. The molecule has 2 aliphatic rings. The van der Waals surface area contributed by atoms with Crippen LogP contribution in [0.3, 0.4) is 0 Å². The molecule has 2 saturated heterocycles. The van der Waals surface area contributed by atoms with E-state index in [0.29, 0.717) is 55.6 Å². The number of amides is 1. The van der Waals surface area contributed by atoms with Gasteiger partial charge in [0.15, 0.2) is 5.03 Å². The second-order valence-electron chi connectivity index (χ2n) is 9.08. The molecule has 10 heteroatoms. The number of anilines is 1. The van der Waals surface area contributed by atoms with Crippen molar-refractivity contribution in [1.29, 1.82) is 0 Å². The monoisotopic (exact) mass is 490 g/mol. The molecule has 2 aromatic rings. The van der Waals surface area contributed by atoms with Crippen LogP contribution in [0.25, 0.3) is 0 Å². The van der Waals surface area contributed by atoms with E-state index in [9.17, 15) is 17.6 Å². The largest absolute Gasteiger partial charge is 0.384 e. The molecule has 184 valence electrons. The summed E-state index contributed by atoms with van der Waals surface area (Å²) in [6.45, 7) is 4.71. The van der Waals surface area contributed by atoms with E-state index in [1.807, 2.05) is 0 Å². The average Bonchev–Trinajstić information content (AvgIpc) is 2.83. The SMILES string of the molecule is Cc1c(S(N)(=O)=O)ncc(C(=O)N2CCC(c3ccc(F)cc3)CC2)c1NCC1CCOCC1. The molecule has 0 radical (unpaired) electrons. The highest BCUT2D eigenvalue weighted by atomic mass is 32.2. The molecule has 2 aliphatic heterocycles. The summed E-state index contributed by atoms with van der Waals surface area (Å²) < 4.78 is 42.7. The zero-order valence-corrected chi connectivity index (χ0v) is 20.1. The molecule has 4 rings (SSSR count). The van der Waals surface area contributed by atoms with E-state index in [4.69, 9.17) is 9.88 Å². The number of nitrogens with one attached hydrogen (secondary N) is 1. The number of benzene rings is 1. The van der Waals surface area contributed by atoms with Crippen LogP contribution in [0.2, 0.25) is 0 Å². The van der Waals surface area contributed by atoms with Crippen molar-refractivity contribution in [2.75, 3.05) is 38.2 Å². The van der Waals surface area contributed by atoms with Gasteiger partial charge in [0, 0.05) is 44.6 Å². The molecule has 0 saturated carbocycles. The maximum atomic E-state index is 13.5. The molecule has 2 fully saturated rings. The van der Waals surface area contributed by atoms with Crippen LogP contribution in [0.4, 0.5) is 10.1 Å². The van der Waals surface area contributed by atoms with Crippen molar-refractivity contribution < 1.29 is 22.3 Å². The Kier molecular flexibility index (Phi) is 7.49. The van der Waals surface area contributed by atoms with E-state index in [2.05, 4.69) is 10.3 Å². The van der Waals surface area contributed by atoms with Crippen LogP contribution in [0.1, 0.15) is 53.1 Å². The minimum atomic E-state index is -4.03. The number of primary sulfonamides is 1. The highest BCUT2D eigenvalue weighted by Crippen LogP contribution is 2.31. The molecule has 3 N–H and O–H groups in total. The van der Waals surface area contributed by atoms with E-state index in [1.54, 1.807) is 24.0 Å². The summed E-state index contributed by atoms with van der Waals surface area (Å²) in [7, 11) is -4.03. The Morgan fingerprint density at radius 3 is 2.44 bits per heavy atom. The van der Waals surface area contributed by atoms with Gasteiger partial charge in [-0.1, -0.05) is 12.1 Å². The van der Waals surface area contributed by atoms with Crippen LogP contribution in [0, 0.1) is 18.7 Å². The third-order valence-electron chi connectivity index (χ3n) is 6.81. The summed E-state index contributed by atoms with van der Waals surface area (Å²) in [5.41, 5.74) is 2.23. The standard InChI is InChI=1S/C24H31FN4O4S/c1-16-22(27-14-17-8-12-33-13-9-17)21(15-28-23(16)34(26,31)32)24(30)29-10-6-19(7-11-29)18-2-4-20(25)5-3-18/h2-5,15,17,19H,6-14H2,1H3,(H,27,28)(H2,26,31,32). The van der Waals surface area contributed by atoms with Gasteiger partial charge in [-0.15, -0.1) is 0 Å². The molecule has 8 nitrogen and oxygen atoms in total. The lowest BCUT2D eigenvalue weighted by Crippen LogP contribution is -2.38. The smallest absolute Gasteiger partial charge is 0.257 e. The van der Waals surface area contributed by atoms with E-state index in [0.717, 1.165) is 31.2 Å². The predicted molar refractivity (Wildman–Crippen MR) is 127 cm³/mol. The van der Waals surface area contributed by atoms with Gasteiger partial charge in [0.25, 0.3) is 15.9 Å². The molecule has 0 spiro atoms. The minimum Gasteiger partial charge on any atom is -0.384 e. The summed E-state index contributed by atoms with van der Waals surface area (Å²) in [4.78, 5) is 19.3. The van der Waals surface area contributed by atoms with Crippen molar-refractivity contribution in [3.8, 4) is 0 Å². The zero-order valence-electron chi connectivity index (χ0n) is 19.3. The topological polar surface area (TPSA) is 115 Å². The Morgan fingerprint density at radius 2 is 1.82 bits per heavy atom. The summed E-state index contributed by atoms with van der Waals surface area (Å²) in [5.74, 6) is 0.181. The number of carbonyl (C=O) groups is 1. The number of pyridine rings is 1. The molecular formula is C24H31FN4O4S. The fourth-order valence-electron chi connectivity index (χ4n) is 4.79. The lowest BCUT2D eigenvalue weighted by atomic mass is 9.89. The second-order valence-corrected chi connectivity index (χ2v) is 10.6. The number of hydrogen-bond acceptors (Lipinski definition) is 6. The Balaban J connectivity index is 1.53. The van der Waals surface area contributed by atoms with E-state index < -0.39 is 10.0 Å². The quantitative estimate of drug-likeness (QED) is 0.643. The molecule has 34 heavy (non-hydrogen) atoms. The lowest BCUT2D eigenvalue weighted by Gasteiger charge is -2.33. The molecule has 0 atom stereocenters. The number of nitrogens with zero attached hydrogens (tertiary/aromatic N) is 2. The number of likely N-dealkylation sites (tertiary alicyclic amines) is 1. The van der Waals surface area contributed by atoms with Gasteiger partial charge in [0.1, 0.15) is 5.82 Å². The normalized spacial score (nSPS) is 18.1. The zero-order chi connectivity index (χ0) is 24.3. The Bertz CT molecular complexity index is 1130. The highest BCUT2D eigenvalue weighted by Gasteiger charge is 2.29. The number of ether oxygens (including phenoxy) is 1. The van der Waals surface area contributed by atoms with E-state index in [-0.39, 0.29) is 22.7 Å². The number of aromatic nitrogens is 1. The first kappa shape index (κ1) is 24.6. The first-order valence-corrected chi connectivity index (χ1v) is 13.2. The van der Waals surface area contributed by atoms with Gasteiger partial charge in [-0.3, -0.25) is 4.79 Å². The number of halogens is 1. The van der Waals surface area contributed by atoms with Gasteiger partial charge in [-0.2, -0.15) is 0 Å². The van der Waals surface area contributed by atoms with Gasteiger partial charge >= 0.3 is 0 Å². The van der Waals surface area contributed by atoms with Crippen LogP contribution >= 0.6 is 0 Å². The first-order valence-electron chi connectivity index (χ1n) is 11.6.